The fraction of sp³-hybridized carbons (Fsp3) is 0.917. The Bertz CT molecular complexity index is 291. The fourth-order valence-electron chi connectivity index (χ4n) is 2.25. The van der Waals surface area contributed by atoms with Crippen molar-refractivity contribution >= 4 is 6.09 Å². The van der Waals surface area contributed by atoms with Gasteiger partial charge in [0.2, 0.25) is 0 Å². The van der Waals surface area contributed by atoms with Crippen LogP contribution in [-0.2, 0) is 9.47 Å². The van der Waals surface area contributed by atoms with Gasteiger partial charge in [-0.15, -0.1) is 0 Å². The molecule has 1 spiro atoms. The zero-order chi connectivity index (χ0) is 12.0. The third kappa shape index (κ3) is 2.48. The van der Waals surface area contributed by atoms with E-state index in [2.05, 4.69) is 6.92 Å². The highest BCUT2D eigenvalue weighted by Gasteiger charge is 2.50. The maximum atomic E-state index is 11.9. The third-order valence-corrected chi connectivity index (χ3v) is 3.19. The average molecular weight is 227 g/mol. The minimum Gasteiger partial charge on any atom is -0.444 e. The van der Waals surface area contributed by atoms with Crippen LogP contribution in [0.25, 0.3) is 0 Å². The zero-order valence-corrected chi connectivity index (χ0v) is 10.6. The van der Waals surface area contributed by atoms with Gasteiger partial charge in [0.1, 0.15) is 5.60 Å². The minimum atomic E-state index is -0.415. The van der Waals surface area contributed by atoms with Gasteiger partial charge in [0.25, 0.3) is 0 Å². The zero-order valence-electron chi connectivity index (χ0n) is 10.6. The first-order chi connectivity index (χ1) is 7.31. The molecule has 0 radical (unpaired) electrons. The number of piperidine rings is 1. The highest BCUT2D eigenvalue weighted by Crippen LogP contribution is 2.40. The predicted molar refractivity (Wildman–Crippen MR) is 60.3 cm³/mol. The van der Waals surface area contributed by atoms with E-state index in [9.17, 15) is 4.79 Å². The SMILES string of the molecule is C[C@H]1C[C@@]2(CCN1C(=O)OC(C)(C)C)CO2. The molecule has 2 rings (SSSR count). The number of amides is 1. The van der Waals surface area contributed by atoms with Crippen molar-refractivity contribution in [1.29, 1.82) is 0 Å². The van der Waals surface area contributed by atoms with E-state index in [0.29, 0.717) is 0 Å². The molecule has 2 aliphatic rings. The summed E-state index contributed by atoms with van der Waals surface area (Å²) < 4.78 is 10.8. The second-order valence-electron chi connectivity index (χ2n) is 5.95. The Balaban J connectivity index is 1.92. The number of ether oxygens (including phenoxy) is 2. The maximum Gasteiger partial charge on any atom is 0.410 e. The summed E-state index contributed by atoms with van der Waals surface area (Å²) in [5.74, 6) is 0. The van der Waals surface area contributed by atoms with Gasteiger partial charge < -0.3 is 14.4 Å². The van der Waals surface area contributed by atoms with E-state index in [-0.39, 0.29) is 17.7 Å². The van der Waals surface area contributed by atoms with Gasteiger partial charge in [-0.2, -0.15) is 0 Å². The molecule has 2 heterocycles. The van der Waals surface area contributed by atoms with Crippen LogP contribution in [0, 0.1) is 0 Å². The highest BCUT2D eigenvalue weighted by molar-refractivity contribution is 5.68. The Morgan fingerprint density at radius 2 is 2.12 bits per heavy atom. The van der Waals surface area contributed by atoms with Gasteiger partial charge in [-0.3, -0.25) is 0 Å². The van der Waals surface area contributed by atoms with Gasteiger partial charge in [-0.1, -0.05) is 0 Å². The summed E-state index contributed by atoms with van der Waals surface area (Å²) in [5, 5.41) is 0. The molecule has 2 atom stereocenters. The van der Waals surface area contributed by atoms with Crippen molar-refractivity contribution in [3.63, 3.8) is 0 Å². The molecule has 0 unspecified atom stereocenters. The number of hydrogen-bond donors (Lipinski definition) is 0. The fourth-order valence-corrected chi connectivity index (χ4v) is 2.25. The van der Waals surface area contributed by atoms with Crippen molar-refractivity contribution < 1.29 is 14.3 Å². The molecule has 2 fully saturated rings. The molecule has 4 heteroatoms. The molecule has 16 heavy (non-hydrogen) atoms. The van der Waals surface area contributed by atoms with Gasteiger partial charge in [-0.25, -0.2) is 4.79 Å². The van der Waals surface area contributed by atoms with Crippen molar-refractivity contribution in [2.24, 2.45) is 0 Å². The molecule has 0 aromatic rings. The number of epoxide rings is 1. The average Bonchev–Trinajstić information content (AvgIpc) is 2.81. The Kier molecular flexibility index (Phi) is 2.65. The third-order valence-electron chi connectivity index (χ3n) is 3.19. The Morgan fingerprint density at radius 3 is 2.56 bits per heavy atom. The lowest BCUT2D eigenvalue weighted by molar-refractivity contribution is 0.00441. The molecule has 2 saturated heterocycles. The summed E-state index contributed by atoms with van der Waals surface area (Å²) in [6.45, 7) is 9.35. The molecular formula is C12H21NO3. The summed E-state index contributed by atoms with van der Waals surface area (Å²) >= 11 is 0. The number of hydrogen-bond acceptors (Lipinski definition) is 3. The van der Waals surface area contributed by atoms with E-state index in [1.165, 1.54) is 0 Å². The lowest BCUT2D eigenvalue weighted by Gasteiger charge is -2.37. The number of nitrogens with zero attached hydrogens (tertiary/aromatic N) is 1. The summed E-state index contributed by atoms with van der Waals surface area (Å²) in [6, 6.07) is 0.214. The van der Waals surface area contributed by atoms with Crippen LogP contribution in [-0.4, -0.2) is 41.4 Å². The first-order valence-electron chi connectivity index (χ1n) is 5.95. The van der Waals surface area contributed by atoms with E-state index >= 15 is 0 Å². The lowest BCUT2D eigenvalue weighted by Crippen LogP contribution is -2.49. The summed E-state index contributed by atoms with van der Waals surface area (Å²) in [5.41, 5.74) is -0.319. The van der Waals surface area contributed by atoms with Crippen LogP contribution in [0.1, 0.15) is 40.5 Å². The highest BCUT2D eigenvalue weighted by atomic mass is 16.6. The Hall–Kier alpha value is -0.770. The van der Waals surface area contributed by atoms with Crippen molar-refractivity contribution in [1.82, 2.24) is 4.90 Å². The maximum absolute atomic E-state index is 11.9. The van der Waals surface area contributed by atoms with Crippen LogP contribution in [0.3, 0.4) is 0 Å². The van der Waals surface area contributed by atoms with E-state index in [4.69, 9.17) is 9.47 Å². The summed E-state index contributed by atoms with van der Waals surface area (Å²) in [6.07, 6.45) is 1.68. The lowest BCUT2D eigenvalue weighted by atomic mass is 9.92. The predicted octanol–water partition coefficient (Wildman–Crippen LogP) is 2.17. The van der Waals surface area contributed by atoms with Crippen LogP contribution >= 0.6 is 0 Å². The number of carbonyl (C=O) groups excluding carboxylic acids is 1. The molecule has 0 aromatic carbocycles. The smallest absolute Gasteiger partial charge is 0.410 e. The first-order valence-corrected chi connectivity index (χ1v) is 5.95. The summed E-state index contributed by atoms with van der Waals surface area (Å²) in [4.78, 5) is 13.7. The quantitative estimate of drug-likeness (QED) is 0.596. The molecule has 2 aliphatic heterocycles. The monoisotopic (exact) mass is 227 g/mol. The topological polar surface area (TPSA) is 42.1 Å². The van der Waals surface area contributed by atoms with Crippen LogP contribution in [0.4, 0.5) is 4.79 Å². The van der Waals surface area contributed by atoms with Crippen molar-refractivity contribution in [2.75, 3.05) is 13.2 Å². The molecule has 1 amide bonds. The van der Waals surface area contributed by atoms with Gasteiger partial charge in [0, 0.05) is 12.6 Å². The molecule has 0 aromatic heterocycles. The largest absolute Gasteiger partial charge is 0.444 e. The molecule has 0 N–H and O–H groups in total. The molecule has 4 nitrogen and oxygen atoms in total. The van der Waals surface area contributed by atoms with E-state index in [1.54, 1.807) is 0 Å². The Labute approximate surface area is 96.9 Å². The van der Waals surface area contributed by atoms with Crippen LogP contribution in [0.2, 0.25) is 0 Å². The Morgan fingerprint density at radius 1 is 1.50 bits per heavy atom. The normalized spacial score (nSPS) is 34.0. The van der Waals surface area contributed by atoms with E-state index in [0.717, 1.165) is 26.0 Å². The first kappa shape index (κ1) is 11.7. The van der Waals surface area contributed by atoms with Crippen LogP contribution < -0.4 is 0 Å². The number of rotatable bonds is 0. The molecule has 0 bridgehead atoms. The number of likely N-dealkylation sites (tertiary alicyclic amines) is 1. The van der Waals surface area contributed by atoms with Gasteiger partial charge in [0.15, 0.2) is 0 Å². The van der Waals surface area contributed by atoms with Gasteiger partial charge in [0.05, 0.1) is 12.2 Å². The van der Waals surface area contributed by atoms with E-state index in [1.807, 2.05) is 25.7 Å². The van der Waals surface area contributed by atoms with Gasteiger partial charge in [-0.05, 0) is 40.5 Å². The minimum absolute atomic E-state index is 0.0952. The van der Waals surface area contributed by atoms with Crippen molar-refractivity contribution in [2.45, 2.75) is 57.8 Å². The van der Waals surface area contributed by atoms with Crippen molar-refractivity contribution in [3.05, 3.63) is 0 Å². The molecule has 0 aliphatic carbocycles. The van der Waals surface area contributed by atoms with Gasteiger partial charge >= 0.3 is 6.09 Å². The second-order valence-corrected chi connectivity index (χ2v) is 5.95. The standard InChI is InChI=1S/C12H21NO3/c1-9-7-12(8-15-12)5-6-13(9)10(14)16-11(2,3)4/h9H,5-8H2,1-4H3/t9-,12-/m0/s1. The van der Waals surface area contributed by atoms with Crippen LogP contribution in [0.15, 0.2) is 0 Å². The number of carbonyl (C=O) groups is 1. The summed E-state index contributed by atoms with van der Waals surface area (Å²) in [7, 11) is 0. The van der Waals surface area contributed by atoms with Crippen molar-refractivity contribution in [3.8, 4) is 0 Å². The van der Waals surface area contributed by atoms with Crippen LogP contribution in [0.5, 0.6) is 0 Å². The molecular weight excluding hydrogens is 206 g/mol. The molecule has 92 valence electrons. The molecule has 0 saturated carbocycles. The second kappa shape index (κ2) is 3.62. The van der Waals surface area contributed by atoms with E-state index < -0.39 is 5.60 Å².